The molecule has 4 nitrogen and oxygen atoms in total. The molecule has 1 aromatic carbocycles. The quantitative estimate of drug-likeness (QED) is 0.628. The molecular weight excluding hydrogens is 214 g/mol. The summed E-state index contributed by atoms with van der Waals surface area (Å²) in [6.45, 7) is 0. The average molecular weight is 220 g/mol. The van der Waals surface area contributed by atoms with Gasteiger partial charge in [-0.1, -0.05) is 18.2 Å². The van der Waals surface area contributed by atoms with Gasteiger partial charge in [-0.05, 0) is 6.07 Å². The van der Waals surface area contributed by atoms with Crippen LogP contribution in [0.1, 0.15) is 12.0 Å². The van der Waals surface area contributed by atoms with E-state index in [4.69, 9.17) is 10.5 Å². The SMILES string of the molecule is N#CC(C#N)=NNc1ccccc1C(F)F. The number of hydrazone groups is 1. The average Bonchev–Trinajstić information content (AvgIpc) is 2.30. The first kappa shape index (κ1) is 11.6. The van der Waals surface area contributed by atoms with Crippen LogP contribution in [0.3, 0.4) is 0 Å². The molecule has 1 aromatic rings. The van der Waals surface area contributed by atoms with E-state index in [0.717, 1.165) is 0 Å². The highest BCUT2D eigenvalue weighted by molar-refractivity contribution is 6.10. The molecule has 0 unspecified atom stereocenters. The van der Waals surface area contributed by atoms with E-state index in [0.29, 0.717) is 0 Å². The van der Waals surface area contributed by atoms with Crippen molar-refractivity contribution in [2.24, 2.45) is 5.10 Å². The highest BCUT2D eigenvalue weighted by atomic mass is 19.3. The summed E-state index contributed by atoms with van der Waals surface area (Å²) in [6, 6.07) is 8.65. The van der Waals surface area contributed by atoms with Gasteiger partial charge < -0.3 is 0 Å². The van der Waals surface area contributed by atoms with Crippen LogP contribution in [0, 0.1) is 22.7 Å². The number of alkyl halides is 2. The second kappa shape index (κ2) is 5.42. The van der Waals surface area contributed by atoms with Crippen molar-refractivity contribution in [1.82, 2.24) is 0 Å². The molecule has 0 amide bonds. The lowest BCUT2D eigenvalue weighted by Crippen LogP contribution is -1.99. The number of anilines is 1. The second-order valence-corrected chi connectivity index (χ2v) is 2.68. The molecule has 0 bridgehead atoms. The highest BCUT2D eigenvalue weighted by Crippen LogP contribution is 2.26. The van der Waals surface area contributed by atoms with Gasteiger partial charge in [0, 0.05) is 5.56 Å². The minimum Gasteiger partial charge on any atom is -0.276 e. The van der Waals surface area contributed by atoms with Crippen molar-refractivity contribution in [3.05, 3.63) is 29.8 Å². The first-order valence-electron chi connectivity index (χ1n) is 4.20. The van der Waals surface area contributed by atoms with Crippen molar-refractivity contribution >= 4 is 11.4 Å². The summed E-state index contributed by atoms with van der Waals surface area (Å²) in [5, 5.41) is 20.2. The summed E-state index contributed by atoms with van der Waals surface area (Å²) in [7, 11) is 0. The number of halogens is 2. The van der Waals surface area contributed by atoms with Gasteiger partial charge >= 0.3 is 0 Å². The van der Waals surface area contributed by atoms with Crippen LogP contribution < -0.4 is 5.43 Å². The van der Waals surface area contributed by atoms with Gasteiger partial charge in [-0.15, -0.1) is 0 Å². The normalized spacial score (nSPS) is 9.06. The van der Waals surface area contributed by atoms with E-state index >= 15 is 0 Å². The van der Waals surface area contributed by atoms with Crippen molar-refractivity contribution in [3.8, 4) is 12.1 Å². The van der Waals surface area contributed by atoms with E-state index in [9.17, 15) is 8.78 Å². The maximum atomic E-state index is 12.5. The number of nitrogens with one attached hydrogen (secondary N) is 1. The molecule has 0 atom stereocenters. The Morgan fingerprint density at radius 3 is 2.44 bits per heavy atom. The van der Waals surface area contributed by atoms with Gasteiger partial charge in [-0.2, -0.15) is 15.6 Å². The minimum absolute atomic E-state index is 0.0699. The molecule has 0 saturated heterocycles. The topological polar surface area (TPSA) is 72.0 Å². The summed E-state index contributed by atoms with van der Waals surface area (Å²) in [5.74, 6) is 0. The number of nitriles is 2. The standard InChI is InChI=1S/C10H6F2N4/c11-10(12)8-3-1-2-4-9(8)16-15-7(5-13)6-14/h1-4,10,16H. The molecule has 0 heterocycles. The first-order valence-corrected chi connectivity index (χ1v) is 4.20. The Balaban J connectivity index is 2.95. The number of rotatable bonds is 3. The molecular formula is C10H6F2N4. The monoisotopic (exact) mass is 220 g/mol. The number of nitrogens with zero attached hydrogens (tertiary/aromatic N) is 3. The number of benzene rings is 1. The molecule has 1 N–H and O–H groups in total. The molecule has 0 saturated carbocycles. The van der Waals surface area contributed by atoms with Crippen LogP contribution in [-0.4, -0.2) is 5.71 Å². The Morgan fingerprint density at radius 1 is 1.25 bits per heavy atom. The Labute approximate surface area is 90.4 Å². The number of hydrogen-bond donors (Lipinski definition) is 1. The zero-order chi connectivity index (χ0) is 12.0. The molecule has 1 rings (SSSR count). The highest BCUT2D eigenvalue weighted by Gasteiger charge is 2.11. The predicted molar refractivity (Wildman–Crippen MR) is 53.7 cm³/mol. The molecule has 0 aromatic heterocycles. The third-order valence-electron chi connectivity index (χ3n) is 1.70. The fourth-order valence-electron chi connectivity index (χ4n) is 0.980. The van der Waals surface area contributed by atoms with E-state index in [-0.39, 0.29) is 11.3 Å². The molecule has 0 radical (unpaired) electrons. The summed E-state index contributed by atoms with van der Waals surface area (Å²) < 4.78 is 25.0. The maximum Gasteiger partial charge on any atom is 0.265 e. The zero-order valence-electron chi connectivity index (χ0n) is 7.98. The van der Waals surface area contributed by atoms with E-state index < -0.39 is 12.1 Å². The molecule has 0 spiro atoms. The van der Waals surface area contributed by atoms with Crippen molar-refractivity contribution in [2.75, 3.05) is 5.43 Å². The molecule has 6 heteroatoms. The van der Waals surface area contributed by atoms with Crippen molar-refractivity contribution in [2.45, 2.75) is 6.43 Å². The minimum atomic E-state index is -2.65. The first-order chi connectivity index (χ1) is 7.69. The van der Waals surface area contributed by atoms with Gasteiger partial charge in [0.05, 0.1) is 5.69 Å². The van der Waals surface area contributed by atoms with Gasteiger partial charge in [0.15, 0.2) is 0 Å². The van der Waals surface area contributed by atoms with E-state index in [1.165, 1.54) is 30.3 Å². The Morgan fingerprint density at radius 2 is 1.88 bits per heavy atom. The Hall–Kier alpha value is -2.47. The number of para-hydroxylation sites is 1. The van der Waals surface area contributed by atoms with E-state index in [2.05, 4.69) is 10.5 Å². The van der Waals surface area contributed by atoms with Crippen molar-refractivity contribution in [3.63, 3.8) is 0 Å². The molecule has 16 heavy (non-hydrogen) atoms. The molecule has 0 aliphatic carbocycles. The van der Waals surface area contributed by atoms with Crippen LogP contribution >= 0.6 is 0 Å². The van der Waals surface area contributed by atoms with Crippen LogP contribution in [0.5, 0.6) is 0 Å². The van der Waals surface area contributed by atoms with Crippen LogP contribution in [0.4, 0.5) is 14.5 Å². The smallest absolute Gasteiger partial charge is 0.265 e. The van der Waals surface area contributed by atoms with E-state index in [1.54, 1.807) is 6.07 Å². The van der Waals surface area contributed by atoms with E-state index in [1.807, 2.05) is 0 Å². The summed E-state index contributed by atoms with van der Waals surface area (Å²) in [4.78, 5) is 0. The van der Waals surface area contributed by atoms with Gasteiger partial charge in [-0.3, -0.25) is 5.43 Å². The molecule has 0 fully saturated rings. The summed E-state index contributed by atoms with van der Waals surface area (Å²) in [5.41, 5.74) is 1.67. The summed E-state index contributed by atoms with van der Waals surface area (Å²) in [6.07, 6.45) is -2.65. The largest absolute Gasteiger partial charge is 0.276 e. The van der Waals surface area contributed by atoms with Crippen LogP contribution in [-0.2, 0) is 0 Å². The van der Waals surface area contributed by atoms with Crippen LogP contribution in [0.25, 0.3) is 0 Å². The third-order valence-corrected chi connectivity index (χ3v) is 1.70. The Kier molecular flexibility index (Phi) is 3.93. The van der Waals surface area contributed by atoms with Gasteiger partial charge in [-0.25, -0.2) is 8.78 Å². The lowest BCUT2D eigenvalue weighted by Gasteiger charge is -2.06. The third kappa shape index (κ3) is 2.76. The fraction of sp³-hybridized carbons (Fsp3) is 0.100. The lowest BCUT2D eigenvalue weighted by molar-refractivity contribution is 0.152. The van der Waals surface area contributed by atoms with Crippen LogP contribution in [0.2, 0.25) is 0 Å². The molecule has 0 aliphatic heterocycles. The fourth-order valence-corrected chi connectivity index (χ4v) is 0.980. The predicted octanol–water partition coefficient (Wildman–Crippen LogP) is 2.44. The van der Waals surface area contributed by atoms with Gasteiger partial charge in [0.2, 0.25) is 5.71 Å². The van der Waals surface area contributed by atoms with Crippen molar-refractivity contribution < 1.29 is 8.78 Å². The number of hydrogen-bond acceptors (Lipinski definition) is 4. The lowest BCUT2D eigenvalue weighted by atomic mass is 10.2. The summed E-state index contributed by atoms with van der Waals surface area (Å²) >= 11 is 0. The van der Waals surface area contributed by atoms with Gasteiger partial charge in [0.25, 0.3) is 6.43 Å². The van der Waals surface area contributed by atoms with Crippen molar-refractivity contribution in [1.29, 1.82) is 10.5 Å². The zero-order valence-corrected chi connectivity index (χ0v) is 7.98. The van der Waals surface area contributed by atoms with Gasteiger partial charge in [0.1, 0.15) is 12.1 Å². The maximum absolute atomic E-state index is 12.5. The van der Waals surface area contributed by atoms with Crippen LogP contribution in [0.15, 0.2) is 29.4 Å². The Bertz CT molecular complexity index is 466. The molecule has 80 valence electrons. The second-order valence-electron chi connectivity index (χ2n) is 2.68. The molecule has 0 aliphatic rings.